The molecule has 20 heavy (non-hydrogen) atoms. The molecule has 0 bridgehead atoms. The minimum atomic E-state index is -3.67. The Morgan fingerprint density at radius 1 is 1.30 bits per heavy atom. The Bertz CT molecular complexity index is 569. The van der Waals surface area contributed by atoms with Crippen molar-refractivity contribution in [2.45, 2.75) is 50.5 Å². The van der Waals surface area contributed by atoms with Gasteiger partial charge in [0, 0.05) is 6.04 Å². The van der Waals surface area contributed by atoms with E-state index in [1.165, 1.54) is 6.07 Å². The van der Waals surface area contributed by atoms with Crippen LogP contribution in [-0.2, 0) is 10.0 Å². The first-order chi connectivity index (χ1) is 9.21. The van der Waals surface area contributed by atoms with Crippen LogP contribution >= 0.6 is 11.6 Å². The van der Waals surface area contributed by atoms with Crippen LogP contribution in [0.3, 0.4) is 0 Å². The van der Waals surface area contributed by atoms with Crippen molar-refractivity contribution in [2.75, 3.05) is 5.73 Å². The second-order valence-electron chi connectivity index (χ2n) is 6.22. The van der Waals surface area contributed by atoms with E-state index in [-0.39, 0.29) is 21.6 Å². The first-order valence-electron chi connectivity index (χ1n) is 6.78. The maximum absolute atomic E-state index is 12.4. The Morgan fingerprint density at radius 3 is 2.45 bits per heavy atom. The summed E-state index contributed by atoms with van der Waals surface area (Å²) in [4.78, 5) is -0.00787. The molecule has 112 valence electrons. The minimum absolute atomic E-state index is 0.00787. The number of benzene rings is 1. The number of nitrogens with one attached hydrogen (secondary N) is 1. The molecule has 1 aliphatic rings. The van der Waals surface area contributed by atoms with Crippen molar-refractivity contribution in [3.63, 3.8) is 0 Å². The van der Waals surface area contributed by atoms with Crippen molar-refractivity contribution < 1.29 is 8.42 Å². The Morgan fingerprint density at radius 2 is 1.90 bits per heavy atom. The number of hydrogen-bond acceptors (Lipinski definition) is 3. The van der Waals surface area contributed by atoms with Crippen LogP contribution in [0.15, 0.2) is 23.1 Å². The fourth-order valence-corrected chi connectivity index (χ4v) is 4.59. The Hall–Kier alpha value is -0.780. The summed E-state index contributed by atoms with van der Waals surface area (Å²) in [5.74, 6) is 0. The van der Waals surface area contributed by atoms with E-state index in [9.17, 15) is 8.42 Å². The molecular formula is C14H21ClN2O2S. The predicted octanol–water partition coefficient (Wildman–Crippen LogP) is 3.17. The van der Waals surface area contributed by atoms with Gasteiger partial charge in [0.2, 0.25) is 10.0 Å². The van der Waals surface area contributed by atoms with E-state index >= 15 is 0 Å². The molecule has 6 heteroatoms. The van der Waals surface area contributed by atoms with E-state index in [0.29, 0.717) is 5.41 Å². The van der Waals surface area contributed by atoms with Gasteiger partial charge in [-0.25, -0.2) is 13.1 Å². The maximum atomic E-state index is 12.4. The largest absolute Gasteiger partial charge is 0.398 e. The van der Waals surface area contributed by atoms with Gasteiger partial charge in [0.15, 0.2) is 0 Å². The highest BCUT2D eigenvalue weighted by Gasteiger charge is 2.30. The molecule has 0 unspecified atom stereocenters. The summed E-state index contributed by atoms with van der Waals surface area (Å²) in [5, 5.41) is 0.161. The molecule has 2 rings (SSSR count). The SMILES string of the molecule is CC1(C)CCC(NS(=O)(=O)c2c(N)cccc2Cl)CC1. The molecule has 0 radical (unpaired) electrons. The summed E-state index contributed by atoms with van der Waals surface area (Å²) in [6.45, 7) is 4.42. The zero-order valence-electron chi connectivity index (χ0n) is 11.8. The third-order valence-electron chi connectivity index (χ3n) is 3.93. The van der Waals surface area contributed by atoms with Crippen LogP contribution in [-0.4, -0.2) is 14.5 Å². The maximum Gasteiger partial charge on any atom is 0.244 e. The Kier molecular flexibility index (Phi) is 4.33. The number of anilines is 1. The first-order valence-corrected chi connectivity index (χ1v) is 8.64. The molecular weight excluding hydrogens is 296 g/mol. The summed E-state index contributed by atoms with van der Waals surface area (Å²) >= 11 is 5.98. The molecule has 0 aliphatic heterocycles. The average molecular weight is 317 g/mol. The Balaban J connectivity index is 2.17. The fraction of sp³-hybridized carbons (Fsp3) is 0.571. The highest BCUT2D eigenvalue weighted by Crippen LogP contribution is 2.36. The van der Waals surface area contributed by atoms with E-state index in [1.54, 1.807) is 12.1 Å². The van der Waals surface area contributed by atoms with Gasteiger partial charge in [-0.1, -0.05) is 31.5 Å². The molecule has 0 heterocycles. The lowest BCUT2D eigenvalue weighted by atomic mass is 9.76. The molecule has 1 fully saturated rings. The fourth-order valence-electron chi connectivity index (χ4n) is 2.60. The van der Waals surface area contributed by atoms with E-state index in [2.05, 4.69) is 18.6 Å². The zero-order valence-corrected chi connectivity index (χ0v) is 13.4. The van der Waals surface area contributed by atoms with Crippen molar-refractivity contribution in [1.29, 1.82) is 0 Å². The van der Waals surface area contributed by atoms with Gasteiger partial charge >= 0.3 is 0 Å². The molecule has 0 aromatic heterocycles. The van der Waals surface area contributed by atoms with Gasteiger partial charge in [-0.3, -0.25) is 0 Å². The average Bonchev–Trinajstić information content (AvgIpc) is 2.31. The van der Waals surface area contributed by atoms with Gasteiger partial charge in [0.25, 0.3) is 0 Å². The zero-order chi connectivity index (χ0) is 15.0. The van der Waals surface area contributed by atoms with E-state index in [1.807, 2.05) is 0 Å². The van der Waals surface area contributed by atoms with Gasteiger partial charge in [-0.2, -0.15) is 0 Å². The molecule has 1 saturated carbocycles. The number of nitrogens with two attached hydrogens (primary N) is 1. The van der Waals surface area contributed by atoms with E-state index in [0.717, 1.165) is 25.7 Å². The third-order valence-corrected chi connectivity index (χ3v) is 5.99. The lowest BCUT2D eigenvalue weighted by Gasteiger charge is -2.34. The van der Waals surface area contributed by atoms with Gasteiger partial charge in [-0.15, -0.1) is 0 Å². The highest BCUT2D eigenvalue weighted by atomic mass is 35.5. The van der Waals surface area contributed by atoms with Gasteiger partial charge in [-0.05, 0) is 43.2 Å². The number of hydrogen-bond donors (Lipinski definition) is 2. The van der Waals surface area contributed by atoms with Crippen LogP contribution in [0.4, 0.5) is 5.69 Å². The van der Waals surface area contributed by atoms with Crippen molar-refractivity contribution >= 4 is 27.3 Å². The minimum Gasteiger partial charge on any atom is -0.398 e. The van der Waals surface area contributed by atoms with Gasteiger partial charge in [0.1, 0.15) is 4.90 Å². The van der Waals surface area contributed by atoms with Crippen LogP contribution < -0.4 is 10.5 Å². The predicted molar refractivity (Wildman–Crippen MR) is 82.2 cm³/mol. The molecule has 1 aromatic carbocycles. The summed E-state index contributed by atoms with van der Waals surface area (Å²) in [6.07, 6.45) is 3.71. The molecule has 3 N–H and O–H groups in total. The Labute approximate surface area is 125 Å². The molecule has 4 nitrogen and oxygen atoms in total. The number of halogens is 1. The van der Waals surface area contributed by atoms with Crippen molar-refractivity contribution in [3.8, 4) is 0 Å². The number of sulfonamides is 1. The van der Waals surface area contributed by atoms with Crippen LogP contribution in [0.25, 0.3) is 0 Å². The monoisotopic (exact) mass is 316 g/mol. The molecule has 0 atom stereocenters. The molecule has 0 saturated heterocycles. The second-order valence-corrected chi connectivity index (χ2v) is 8.28. The second kappa shape index (κ2) is 5.54. The normalized spacial score (nSPS) is 19.9. The quantitative estimate of drug-likeness (QED) is 0.841. The van der Waals surface area contributed by atoms with Crippen LogP contribution in [0.1, 0.15) is 39.5 Å². The molecule has 0 amide bonds. The van der Waals surface area contributed by atoms with E-state index < -0.39 is 10.0 Å². The number of nitrogen functional groups attached to an aromatic ring is 1. The standard InChI is InChI=1S/C14H21ClN2O2S/c1-14(2)8-6-10(7-9-14)17-20(18,19)13-11(15)4-3-5-12(13)16/h3-5,10,17H,6-9,16H2,1-2H3. The smallest absolute Gasteiger partial charge is 0.244 e. The van der Waals surface area contributed by atoms with Gasteiger partial charge in [0.05, 0.1) is 10.7 Å². The summed E-state index contributed by atoms with van der Waals surface area (Å²) < 4.78 is 27.6. The first kappa shape index (κ1) is 15.6. The lowest BCUT2D eigenvalue weighted by molar-refractivity contribution is 0.218. The topological polar surface area (TPSA) is 72.2 Å². The lowest BCUT2D eigenvalue weighted by Crippen LogP contribution is -2.39. The van der Waals surface area contributed by atoms with Crippen LogP contribution in [0.5, 0.6) is 0 Å². The van der Waals surface area contributed by atoms with E-state index in [4.69, 9.17) is 17.3 Å². The van der Waals surface area contributed by atoms with Crippen LogP contribution in [0, 0.1) is 5.41 Å². The van der Waals surface area contributed by atoms with Crippen molar-refractivity contribution in [1.82, 2.24) is 4.72 Å². The van der Waals surface area contributed by atoms with Crippen molar-refractivity contribution in [3.05, 3.63) is 23.2 Å². The highest BCUT2D eigenvalue weighted by molar-refractivity contribution is 7.89. The molecule has 0 spiro atoms. The molecule has 1 aliphatic carbocycles. The summed E-state index contributed by atoms with van der Waals surface area (Å²) in [6, 6.07) is 4.68. The summed E-state index contributed by atoms with van der Waals surface area (Å²) in [5.41, 5.74) is 6.23. The van der Waals surface area contributed by atoms with Gasteiger partial charge < -0.3 is 5.73 Å². The van der Waals surface area contributed by atoms with Crippen molar-refractivity contribution in [2.24, 2.45) is 5.41 Å². The third kappa shape index (κ3) is 3.45. The molecule has 1 aromatic rings. The number of rotatable bonds is 3. The summed E-state index contributed by atoms with van der Waals surface area (Å²) in [7, 11) is -3.67. The van der Waals surface area contributed by atoms with Crippen LogP contribution in [0.2, 0.25) is 5.02 Å².